The highest BCUT2D eigenvalue weighted by Gasteiger charge is 2.23. The van der Waals surface area contributed by atoms with Gasteiger partial charge in [-0.3, -0.25) is 0 Å². The zero-order chi connectivity index (χ0) is 26.9. The minimum absolute atomic E-state index is 0.414. The van der Waals surface area contributed by atoms with Crippen molar-refractivity contribution in [2.75, 3.05) is 29.9 Å². The van der Waals surface area contributed by atoms with Gasteiger partial charge < -0.3 is 24.3 Å². The summed E-state index contributed by atoms with van der Waals surface area (Å²) in [6.45, 7) is 8.97. The van der Waals surface area contributed by atoms with Crippen molar-refractivity contribution >= 4 is 39.4 Å². The molecule has 1 N–H and O–H groups in total. The summed E-state index contributed by atoms with van der Waals surface area (Å²) in [5.74, 6) is 4.25. The normalized spacial score (nSPS) is 15.2. The minimum atomic E-state index is 0.414. The van der Waals surface area contributed by atoms with Crippen LogP contribution in [-0.4, -0.2) is 44.2 Å². The quantitative estimate of drug-likeness (QED) is 0.262. The van der Waals surface area contributed by atoms with Gasteiger partial charge >= 0.3 is 0 Å². The van der Waals surface area contributed by atoms with Crippen molar-refractivity contribution in [3.63, 3.8) is 0 Å². The molecule has 9 heteroatoms. The molecule has 0 saturated carbocycles. The van der Waals surface area contributed by atoms with Crippen molar-refractivity contribution in [3.05, 3.63) is 60.7 Å². The van der Waals surface area contributed by atoms with Gasteiger partial charge in [-0.05, 0) is 49.2 Å². The van der Waals surface area contributed by atoms with Gasteiger partial charge in [0.05, 0.1) is 29.5 Å². The summed E-state index contributed by atoms with van der Waals surface area (Å²) in [7, 11) is 1.98. The first-order valence-corrected chi connectivity index (χ1v) is 13.5. The van der Waals surface area contributed by atoms with Gasteiger partial charge in [-0.1, -0.05) is 20.3 Å². The van der Waals surface area contributed by atoms with E-state index in [1.807, 2.05) is 61.0 Å². The van der Waals surface area contributed by atoms with Gasteiger partial charge in [0.25, 0.3) is 0 Å². The average molecular weight is 524 g/mol. The summed E-state index contributed by atoms with van der Waals surface area (Å²) in [4.78, 5) is 20.8. The molecule has 39 heavy (non-hydrogen) atoms. The second-order valence-corrected chi connectivity index (χ2v) is 10.3. The van der Waals surface area contributed by atoms with Gasteiger partial charge in [-0.15, -0.1) is 0 Å². The van der Waals surface area contributed by atoms with Crippen LogP contribution in [0, 0.1) is 12.8 Å². The highest BCUT2D eigenvalue weighted by molar-refractivity contribution is 5.90. The number of pyridine rings is 1. The lowest BCUT2D eigenvalue weighted by Gasteiger charge is -2.24. The fourth-order valence-corrected chi connectivity index (χ4v) is 4.96. The molecule has 0 amide bonds. The predicted octanol–water partition coefficient (Wildman–Crippen LogP) is 6.39. The number of aromatic nitrogens is 5. The van der Waals surface area contributed by atoms with Crippen LogP contribution in [0.1, 0.15) is 32.3 Å². The number of nitrogens with one attached hydrogen (secondary N) is 1. The number of hydrogen-bond donors (Lipinski definition) is 1. The molecule has 6 rings (SSSR count). The molecule has 2 aromatic carbocycles. The Hall–Kier alpha value is -4.40. The van der Waals surface area contributed by atoms with E-state index < -0.39 is 0 Å². The van der Waals surface area contributed by atoms with E-state index in [1.54, 1.807) is 12.7 Å². The van der Waals surface area contributed by atoms with Crippen LogP contribution in [0.5, 0.6) is 17.2 Å². The molecule has 5 aromatic rings. The Balaban J connectivity index is 1.28. The molecule has 0 aliphatic carbocycles. The Bertz CT molecular complexity index is 1650. The molecule has 0 spiro atoms. The number of benzene rings is 2. The van der Waals surface area contributed by atoms with Gasteiger partial charge in [-0.25, -0.2) is 19.9 Å². The molecule has 1 aliphatic rings. The topological polar surface area (TPSA) is 90.2 Å². The van der Waals surface area contributed by atoms with E-state index in [-0.39, 0.29) is 0 Å². The van der Waals surface area contributed by atoms with Crippen LogP contribution in [0.25, 0.3) is 22.1 Å². The number of rotatable bonds is 7. The highest BCUT2D eigenvalue weighted by Crippen LogP contribution is 2.36. The van der Waals surface area contributed by atoms with Crippen molar-refractivity contribution in [1.29, 1.82) is 0 Å². The minimum Gasteiger partial charge on any atom is -0.489 e. The SMILES string of the molecule is CCCCN1CC(C)COc2cc3ncnc(Nc4ccc(Oc5ccc6c(c5)ncn6C)c(C)c4)c3nc21. The van der Waals surface area contributed by atoms with Gasteiger partial charge in [0.1, 0.15) is 23.3 Å². The molecule has 1 atom stereocenters. The number of hydrogen-bond acceptors (Lipinski definition) is 8. The fraction of sp³-hybridized carbons (Fsp3) is 0.333. The summed E-state index contributed by atoms with van der Waals surface area (Å²) in [5, 5.41) is 3.45. The maximum absolute atomic E-state index is 6.19. The molecule has 0 radical (unpaired) electrons. The molecule has 3 aromatic heterocycles. The van der Waals surface area contributed by atoms with E-state index in [2.05, 4.69) is 39.0 Å². The summed E-state index contributed by atoms with van der Waals surface area (Å²) >= 11 is 0. The van der Waals surface area contributed by atoms with E-state index in [4.69, 9.17) is 14.5 Å². The highest BCUT2D eigenvalue weighted by atomic mass is 16.5. The van der Waals surface area contributed by atoms with Gasteiger partial charge in [0, 0.05) is 43.9 Å². The number of imidazole rings is 1. The fourth-order valence-electron chi connectivity index (χ4n) is 4.96. The maximum Gasteiger partial charge on any atom is 0.172 e. The molecule has 0 saturated heterocycles. The lowest BCUT2D eigenvalue weighted by Crippen LogP contribution is -2.30. The van der Waals surface area contributed by atoms with Crippen molar-refractivity contribution < 1.29 is 9.47 Å². The van der Waals surface area contributed by atoms with E-state index in [9.17, 15) is 0 Å². The van der Waals surface area contributed by atoms with E-state index >= 15 is 0 Å². The van der Waals surface area contributed by atoms with Gasteiger partial charge in [0.2, 0.25) is 0 Å². The third-order valence-corrected chi connectivity index (χ3v) is 7.06. The summed E-state index contributed by atoms with van der Waals surface area (Å²) in [6.07, 6.45) is 5.59. The molecule has 4 heterocycles. The Morgan fingerprint density at radius 2 is 1.97 bits per heavy atom. The number of aryl methyl sites for hydroxylation is 2. The summed E-state index contributed by atoms with van der Waals surface area (Å²) in [6, 6.07) is 13.9. The summed E-state index contributed by atoms with van der Waals surface area (Å²) in [5.41, 5.74) is 5.32. The average Bonchev–Trinajstić information content (AvgIpc) is 3.22. The lowest BCUT2D eigenvalue weighted by atomic mass is 10.2. The molecular formula is C30H33N7O2. The van der Waals surface area contributed by atoms with Crippen LogP contribution in [0.2, 0.25) is 0 Å². The summed E-state index contributed by atoms with van der Waals surface area (Å²) < 4.78 is 14.3. The molecule has 1 aliphatic heterocycles. The molecular weight excluding hydrogens is 490 g/mol. The molecule has 0 bridgehead atoms. The Labute approximate surface area is 227 Å². The Morgan fingerprint density at radius 1 is 1.08 bits per heavy atom. The molecule has 1 unspecified atom stereocenters. The van der Waals surface area contributed by atoms with Crippen LogP contribution in [0.15, 0.2) is 55.1 Å². The third kappa shape index (κ3) is 5.04. The van der Waals surface area contributed by atoms with E-state index in [0.717, 1.165) is 82.3 Å². The number of ether oxygens (including phenoxy) is 2. The number of nitrogens with zero attached hydrogens (tertiary/aromatic N) is 6. The zero-order valence-corrected chi connectivity index (χ0v) is 22.8. The van der Waals surface area contributed by atoms with Crippen LogP contribution >= 0.6 is 0 Å². The van der Waals surface area contributed by atoms with E-state index in [1.165, 1.54) is 0 Å². The second kappa shape index (κ2) is 10.4. The first-order chi connectivity index (χ1) is 19.0. The van der Waals surface area contributed by atoms with Crippen molar-refractivity contribution in [2.45, 2.75) is 33.6 Å². The van der Waals surface area contributed by atoms with Crippen LogP contribution < -0.4 is 19.7 Å². The molecule has 9 nitrogen and oxygen atoms in total. The van der Waals surface area contributed by atoms with Crippen LogP contribution in [0.4, 0.5) is 17.3 Å². The number of anilines is 3. The smallest absolute Gasteiger partial charge is 0.172 e. The van der Waals surface area contributed by atoms with Gasteiger partial charge in [-0.2, -0.15) is 0 Å². The zero-order valence-electron chi connectivity index (χ0n) is 22.8. The van der Waals surface area contributed by atoms with Crippen LogP contribution in [0.3, 0.4) is 0 Å². The van der Waals surface area contributed by atoms with Crippen LogP contribution in [-0.2, 0) is 7.05 Å². The molecule has 200 valence electrons. The number of fused-ring (bicyclic) bond motifs is 3. The maximum atomic E-state index is 6.19. The van der Waals surface area contributed by atoms with E-state index in [0.29, 0.717) is 18.3 Å². The first-order valence-electron chi connectivity index (χ1n) is 13.5. The Morgan fingerprint density at radius 3 is 2.82 bits per heavy atom. The van der Waals surface area contributed by atoms with Gasteiger partial charge in [0.15, 0.2) is 17.4 Å². The van der Waals surface area contributed by atoms with Crippen molar-refractivity contribution in [1.82, 2.24) is 24.5 Å². The van der Waals surface area contributed by atoms with Crippen molar-refractivity contribution in [2.24, 2.45) is 13.0 Å². The second-order valence-electron chi connectivity index (χ2n) is 10.3. The standard InChI is InChI=1S/C30H33N7O2/c1-5-6-11-37-15-19(2)16-38-27-14-24-28(35-30(27)37)29(32-17-31-24)34-21-7-10-26(20(3)12-21)39-22-8-9-25-23(13-22)33-18-36(25)4/h7-10,12-14,17-19H,5-6,11,15-16H2,1-4H3,(H,31,32,34). The largest absolute Gasteiger partial charge is 0.489 e. The first kappa shape index (κ1) is 24.9. The monoisotopic (exact) mass is 523 g/mol. The lowest BCUT2D eigenvalue weighted by molar-refractivity contribution is 0.273. The predicted molar refractivity (Wildman–Crippen MR) is 154 cm³/mol. The van der Waals surface area contributed by atoms with Crippen molar-refractivity contribution in [3.8, 4) is 17.2 Å². The third-order valence-electron chi connectivity index (χ3n) is 7.06. The molecule has 0 fully saturated rings. The number of unbranched alkanes of at least 4 members (excludes halogenated alkanes) is 1. The Kier molecular flexibility index (Phi) is 6.64.